The van der Waals surface area contributed by atoms with E-state index in [-0.39, 0.29) is 10.8 Å². The Hall–Kier alpha value is -1.82. The molecule has 2 rings (SSSR count). The second kappa shape index (κ2) is 7.17. The van der Waals surface area contributed by atoms with Crippen LogP contribution in [0.3, 0.4) is 0 Å². The van der Waals surface area contributed by atoms with Crippen LogP contribution in [-0.2, 0) is 14.6 Å². The van der Waals surface area contributed by atoms with E-state index in [9.17, 15) is 13.2 Å². The van der Waals surface area contributed by atoms with Crippen molar-refractivity contribution in [2.45, 2.75) is 4.90 Å². The Labute approximate surface area is 144 Å². The van der Waals surface area contributed by atoms with Crippen LogP contribution >= 0.6 is 23.2 Å². The van der Waals surface area contributed by atoms with Crippen molar-refractivity contribution >= 4 is 50.7 Å². The van der Waals surface area contributed by atoms with Crippen LogP contribution in [0.1, 0.15) is 5.56 Å². The van der Waals surface area contributed by atoms with Gasteiger partial charge in [0.25, 0.3) is 0 Å². The summed E-state index contributed by atoms with van der Waals surface area (Å²) in [6.07, 6.45) is 4.03. The van der Waals surface area contributed by atoms with E-state index in [1.165, 1.54) is 30.3 Å². The molecule has 4 nitrogen and oxygen atoms in total. The lowest BCUT2D eigenvalue weighted by Crippen LogP contribution is -2.08. The summed E-state index contributed by atoms with van der Waals surface area (Å²) in [4.78, 5) is 12.1. The molecule has 0 aliphatic carbocycles. The quantitative estimate of drug-likeness (QED) is 0.826. The standard InChI is InChI=1S/C16H13Cl2NO3S/c1-23(21,22)14-7-5-13(6-8-14)19-16(20)9-3-11-2-4-12(17)10-15(11)18/h2-10H,1H3,(H,19,20)/b9-3+. The molecule has 1 N–H and O–H groups in total. The van der Waals surface area contributed by atoms with E-state index < -0.39 is 9.84 Å². The van der Waals surface area contributed by atoms with Gasteiger partial charge in [-0.25, -0.2) is 8.42 Å². The third-order valence-electron chi connectivity index (χ3n) is 2.93. The molecule has 0 bridgehead atoms. The lowest BCUT2D eigenvalue weighted by atomic mass is 10.2. The van der Waals surface area contributed by atoms with Crippen molar-refractivity contribution in [1.82, 2.24) is 0 Å². The van der Waals surface area contributed by atoms with Crippen LogP contribution in [0.2, 0.25) is 10.0 Å². The number of rotatable bonds is 4. The minimum atomic E-state index is -3.25. The first kappa shape index (κ1) is 17.5. The smallest absolute Gasteiger partial charge is 0.248 e. The Morgan fingerprint density at radius 1 is 1.09 bits per heavy atom. The molecule has 1 amide bonds. The third kappa shape index (κ3) is 5.10. The summed E-state index contributed by atoms with van der Waals surface area (Å²) in [5.41, 5.74) is 1.16. The van der Waals surface area contributed by atoms with Crippen molar-refractivity contribution in [2.75, 3.05) is 11.6 Å². The topological polar surface area (TPSA) is 63.2 Å². The molecule has 120 valence electrons. The van der Waals surface area contributed by atoms with E-state index in [0.717, 1.165) is 6.26 Å². The van der Waals surface area contributed by atoms with E-state index in [1.807, 2.05) is 0 Å². The van der Waals surface area contributed by atoms with Crippen LogP contribution < -0.4 is 5.32 Å². The highest BCUT2D eigenvalue weighted by atomic mass is 35.5. The summed E-state index contributed by atoms with van der Waals surface area (Å²) in [6, 6.07) is 10.9. The van der Waals surface area contributed by atoms with Gasteiger partial charge in [0.2, 0.25) is 5.91 Å². The Bertz CT molecular complexity index is 859. The summed E-state index contributed by atoms with van der Waals surface area (Å²) >= 11 is 11.8. The van der Waals surface area contributed by atoms with Gasteiger partial charge in [0.15, 0.2) is 9.84 Å². The molecule has 0 fully saturated rings. The van der Waals surface area contributed by atoms with E-state index in [2.05, 4.69) is 5.32 Å². The molecule has 2 aromatic rings. The maximum absolute atomic E-state index is 11.9. The monoisotopic (exact) mass is 369 g/mol. The van der Waals surface area contributed by atoms with Crippen LogP contribution in [0.4, 0.5) is 5.69 Å². The summed E-state index contributed by atoms with van der Waals surface area (Å²) in [5, 5.41) is 3.59. The van der Waals surface area contributed by atoms with Gasteiger partial charge in [-0.05, 0) is 48.0 Å². The van der Waals surface area contributed by atoms with E-state index in [4.69, 9.17) is 23.2 Å². The van der Waals surface area contributed by atoms with Crippen LogP contribution in [0.25, 0.3) is 6.08 Å². The number of hydrogen-bond donors (Lipinski definition) is 1. The number of sulfone groups is 1. The zero-order valence-electron chi connectivity index (χ0n) is 12.1. The molecule has 0 spiro atoms. The predicted molar refractivity (Wildman–Crippen MR) is 93.7 cm³/mol. The van der Waals surface area contributed by atoms with Crippen molar-refractivity contribution in [3.05, 3.63) is 64.1 Å². The molecule has 0 unspecified atom stereocenters. The number of nitrogens with one attached hydrogen (secondary N) is 1. The highest BCUT2D eigenvalue weighted by Gasteiger charge is 2.06. The second-order valence-corrected chi connectivity index (χ2v) is 7.64. The van der Waals surface area contributed by atoms with Gasteiger partial charge in [-0.15, -0.1) is 0 Å². The van der Waals surface area contributed by atoms with Gasteiger partial charge in [0, 0.05) is 28.1 Å². The molecule has 0 saturated heterocycles. The number of benzene rings is 2. The lowest BCUT2D eigenvalue weighted by Gasteiger charge is -2.04. The van der Waals surface area contributed by atoms with Gasteiger partial charge < -0.3 is 5.32 Å². The highest BCUT2D eigenvalue weighted by Crippen LogP contribution is 2.22. The van der Waals surface area contributed by atoms with Gasteiger partial charge >= 0.3 is 0 Å². The van der Waals surface area contributed by atoms with Crippen LogP contribution in [0.15, 0.2) is 53.4 Å². The zero-order valence-corrected chi connectivity index (χ0v) is 14.4. The first-order valence-electron chi connectivity index (χ1n) is 6.50. The van der Waals surface area contributed by atoms with Crippen LogP contribution in [0.5, 0.6) is 0 Å². The molecule has 2 aromatic carbocycles. The Kier molecular flexibility index (Phi) is 5.46. The maximum atomic E-state index is 11.9. The Morgan fingerprint density at radius 3 is 2.30 bits per heavy atom. The summed E-state index contributed by atoms with van der Waals surface area (Å²) in [6.45, 7) is 0. The number of hydrogen-bond acceptors (Lipinski definition) is 3. The van der Waals surface area contributed by atoms with Gasteiger partial charge in [0.05, 0.1) is 4.90 Å². The molecule has 0 saturated carbocycles. The fraction of sp³-hybridized carbons (Fsp3) is 0.0625. The SMILES string of the molecule is CS(=O)(=O)c1ccc(NC(=O)/C=C/c2ccc(Cl)cc2Cl)cc1. The molecule has 0 aliphatic heterocycles. The molecule has 7 heteroatoms. The number of anilines is 1. The van der Waals surface area contributed by atoms with E-state index in [1.54, 1.807) is 24.3 Å². The molecule has 0 atom stereocenters. The van der Waals surface area contributed by atoms with Gasteiger partial charge in [-0.3, -0.25) is 4.79 Å². The van der Waals surface area contributed by atoms with Crippen LogP contribution in [0, 0.1) is 0 Å². The molecular weight excluding hydrogens is 357 g/mol. The molecule has 0 radical (unpaired) electrons. The first-order valence-corrected chi connectivity index (χ1v) is 9.15. The average Bonchev–Trinajstić information content (AvgIpc) is 2.46. The van der Waals surface area contributed by atoms with Gasteiger partial charge in [-0.1, -0.05) is 29.3 Å². The zero-order chi connectivity index (χ0) is 17.0. The molecule has 0 aromatic heterocycles. The van der Waals surface area contributed by atoms with Gasteiger partial charge in [-0.2, -0.15) is 0 Å². The highest BCUT2D eigenvalue weighted by molar-refractivity contribution is 7.90. The van der Waals surface area contributed by atoms with Crippen molar-refractivity contribution in [3.63, 3.8) is 0 Å². The van der Waals surface area contributed by atoms with Crippen molar-refractivity contribution in [1.29, 1.82) is 0 Å². The molecule has 23 heavy (non-hydrogen) atoms. The fourth-order valence-electron chi connectivity index (χ4n) is 1.77. The number of amides is 1. The molecular formula is C16H13Cl2NO3S. The Balaban J connectivity index is 2.06. The maximum Gasteiger partial charge on any atom is 0.248 e. The lowest BCUT2D eigenvalue weighted by molar-refractivity contribution is -0.111. The molecule has 0 aliphatic rings. The number of carbonyl (C=O) groups excluding carboxylic acids is 1. The number of carbonyl (C=O) groups is 1. The predicted octanol–water partition coefficient (Wildman–Crippen LogP) is 4.05. The summed E-state index contributed by atoms with van der Waals surface area (Å²) in [5.74, 6) is -0.358. The Morgan fingerprint density at radius 2 is 1.74 bits per heavy atom. The minimum Gasteiger partial charge on any atom is -0.323 e. The minimum absolute atomic E-state index is 0.194. The summed E-state index contributed by atoms with van der Waals surface area (Å²) < 4.78 is 22.7. The van der Waals surface area contributed by atoms with Gasteiger partial charge in [0.1, 0.15) is 0 Å². The first-order chi connectivity index (χ1) is 10.8. The fourth-order valence-corrected chi connectivity index (χ4v) is 2.87. The van der Waals surface area contributed by atoms with E-state index in [0.29, 0.717) is 21.3 Å². The van der Waals surface area contributed by atoms with E-state index >= 15 is 0 Å². The van der Waals surface area contributed by atoms with Crippen molar-refractivity contribution in [2.24, 2.45) is 0 Å². The molecule has 0 heterocycles. The third-order valence-corrected chi connectivity index (χ3v) is 4.62. The van der Waals surface area contributed by atoms with Crippen molar-refractivity contribution in [3.8, 4) is 0 Å². The largest absolute Gasteiger partial charge is 0.323 e. The normalized spacial score (nSPS) is 11.6. The number of halogens is 2. The second-order valence-electron chi connectivity index (χ2n) is 4.78. The van der Waals surface area contributed by atoms with Crippen LogP contribution in [-0.4, -0.2) is 20.6 Å². The average molecular weight is 370 g/mol. The summed E-state index contributed by atoms with van der Waals surface area (Å²) in [7, 11) is -3.25. The van der Waals surface area contributed by atoms with Crippen molar-refractivity contribution < 1.29 is 13.2 Å².